The fraction of sp³-hybridized carbons (Fsp3) is 1.00. The molecule has 0 amide bonds. The average Bonchev–Trinajstić information content (AvgIpc) is 2.22. The summed E-state index contributed by atoms with van der Waals surface area (Å²) in [5.74, 6) is 0. The summed E-state index contributed by atoms with van der Waals surface area (Å²) in [6, 6.07) is 0. The SMILES string of the molecule is [K+].[NH-]CC1(F)CC1. The van der Waals surface area contributed by atoms with Crippen molar-refractivity contribution in [2.45, 2.75) is 18.5 Å². The molecule has 1 aliphatic carbocycles. The molecule has 3 heteroatoms. The number of halogens is 1. The van der Waals surface area contributed by atoms with Gasteiger partial charge in [-0.1, -0.05) is 0 Å². The molecule has 0 aromatic carbocycles. The third-order valence-corrected chi connectivity index (χ3v) is 1.11. The summed E-state index contributed by atoms with van der Waals surface area (Å²) in [6.07, 6.45) is 1.24. The van der Waals surface area contributed by atoms with Gasteiger partial charge in [0.1, 0.15) is 0 Å². The van der Waals surface area contributed by atoms with Crippen LogP contribution in [0, 0.1) is 0 Å². The Labute approximate surface area is 85.3 Å². The van der Waals surface area contributed by atoms with Gasteiger partial charge in [-0.3, -0.25) is 0 Å². The molecule has 1 saturated carbocycles. The number of rotatable bonds is 1. The van der Waals surface area contributed by atoms with Crippen LogP contribution in [-0.4, -0.2) is 12.2 Å². The van der Waals surface area contributed by atoms with E-state index < -0.39 is 5.67 Å². The molecule has 1 aliphatic rings. The van der Waals surface area contributed by atoms with Crippen molar-refractivity contribution in [3.05, 3.63) is 5.73 Å². The molecule has 0 aromatic rings. The zero-order valence-electron chi connectivity index (χ0n) is 4.50. The van der Waals surface area contributed by atoms with Gasteiger partial charge in [-0.25, -0.2) is 4.39 Å². The molecule has 0 radical (unpaired) electrons. The van der Waals surface area contributed by atoms with Crippen molar-refractivity contribution in [3.63, 3.8) is 0 Å². The van der Waals surface area contributed by atoms with Gasteiger partial charge in [0, 0.05) is 0 Å². The second-order valence-corrected chi connectivity index (χ2v) is 1.83. The van der Waals surface area contributed by atoms with E-state index in [0.717, 1.165) is 0 Å². The predicted octanol–water partition coefficient (Wildman–Crippen LogP) is -1.46. The molecule has 0 aliphatic heterocycles. The van der Waals surface area contributed by atoms with Crippen molar-refractivity contribution in [3.8, 4) is 0 Å². The Bertz CT molecular complexity index is 62.7. The van der Waals surface area contributed by atoms with Gasteiger partial charge >= 0.3 is 51.4 Å². The smallest absolute Gasteiger partial charge is 0.675 e. The Hall–Kier alpha value is 1.53. The zero-order chi connectivity index (χ0) is 4.62. The summed E-state index contributed by atoms with van der Waals surface area (Å²) in [4.78, 5) is 0. The van der Waals surface area contributed by atoms with Gasteiger partial charge in [-0.2, -0.15) is 0 Å². The molecule has 36 valence electrons. The van der Waals surface area contributed by atoms with Gasteiger partial charge < -0.3 is 5.73 Å². The summed E-state index contributed by atoms with van der Waals surface area (Å²) >= 11 is 0. The van der Waals surface area contributed by atoms with E-state index in [1.165, 1.54) is 0 Å². The van der Waals surface area contributed by atoms with Crippen LogP contribution in [0.5, 0.6) is 0 Å². The summed E-state index contributed by atoms with van der Waals surface area (Å²) in [6.45, 7) is -0.0347. The largest absolute Gasteiger partial charge is 1.00 e. The van der Waals surface area contributed by atoms with Crippen molar-refractivity contribution in [2.24, 2.45) is 0 Å². The summed E-state index contributed by atoms with van der Waals surface area (Å²) < 4.78 is 12.0. The van der Waals surface area contributed by atoms with Crippen molar-refractivity contribution in [2.75, 3.05) is 6.54 Å². The van der Waals surface area contributed by atoms with Crippen LogP contribution in [0.4, 0.5) is 4.39 Å². The fourth-order valence-corrected chi connectivity index (χ4v) is 0.312. The molecule has 0 aromatic heterocycles. The van der Waals surface area contributed by atoms with Crippen LogP contribution >= 0.6 is 0 Å². The quantitative estimate of drug-likeness (QED) is 0.385. The molecule has 1 rings (SSSR count). The van der Waals surface area contributed by atoms with Crippen LogP contribution in [0.15, 0.2) is 0 Å². The summed E-state index contributed by atoms with van der Waals surface area (Å²) in [5.41, 5.74) is 5.50. The maximum Gasteiger partial charge on any atom is 1.00 e. The van der Waals surface area contributed by atoms with Gasteiger partial charge in [0.15, 0.2) is 0 Å². The minimum atomic E-state index is -1.04. The van der Waals surface area contributed by atoms with Gasteiger partial charge in [-0.15, -0.1) is 6.54 Å². The van der Waals surface area contributed by atoms with Crippen LogP contribution in [0.2, 0.25) is 0 Å². The minimum absolute atomic E-state index is 0. The second-order valence-electron chi connectivity index (χ2n) is 1.83. The second kappa shape index (κ2) is 2.89. The first-order valence-corrected chi connectivity index (χ1v) is 2.10. The number of alkyl halides is 1. The van der Waals surface area contributed by atoms with Crippen LogP contribution in [0.25, 0.3) is 5.73 Å². The maximum absolute atomic E-state index is 12.0. The maximum atomic E-state index is 12.0. The van der Waals surface area contributed by atoms with E-state index in [9.17, 15) is 4.39 Å². The molecule has 1 fully saturated rings. The van der Waals surface area contributed by atoms with E-state index >= 15 is 0 Å². The standard InChI is InChI=1S/C4H7FN.K/c5-4(3-6)1-2-4;/h6H,1-3H2;/q-1;+1. The average molecular weight is 127 g/mol. The van der Waals surface area contributed by atoms with Crippen molar-refractivity contribution in [1.29, 1.82) is 0 Å². The van der Waals surface area contributed by atoms with E-state index in [1.54, 1.807) is 0 Å². The molecular weight excluding hydrogens is 120 g/mol. The van der Waals surface area contributed by atoms with E-state index in [0.29, 0.717) is 12.8 Å². The van der Waals surface area contributed by atoms with E-state index in [4.69, 9.17) is 5.73 Å². The van der Waals surface area contributed by atoms with E-state index in [2.05, 4.69) is 0 Å². The topological polar surface area (TPSA) is 23.8 Å². The third kappa shape index (κ3) is 2.53. The van der Waals surface area contributed by atoms with Gasteiger partial charge in [-0.05, 0) is 12.8 Å². The molecule has 1 nitrogen and oxygen atoms in total. The fourth-order valence-electron chi connectivity index (χ4n) is 0.312. The van der Waals surface area contributed by atoms with Gasteiger partial charge in [0.25, 0.3) is 0 Å². The van der Waals surface area contributed by atoms with Crippen LogP contribution in [0.1, 0.15) is 12.8 Å². The van der Waals surface area contributed by atoms with E-state index in [1.807, 2.05) is 0 Å². The number of nitrogens with one attached hydrogen (secondary N) is 1. The summed E-state index contributed by atoms with van der Waals surface area (Å²) in [7, 11) is 0. The van der Waals surface area contributed by atoms with Crippen LogP contribution < -0.4 is 51.4 Å². The van der Waals surface area contributed by atoms with Crippen molar-refractivity contribution >= 4 is 0 Å². The third-order valence-electron chi connectivity index (χ3n) is 1.11. The van der Waals surface area contributed by atoms with Gasteiger partial charge in [0.2, 0.25) is 0 Å². The normalized spacial score (nSPS) is 23.1. The molecule has 0 spiro atoms. The Morgan fingerprint density at radius 2 is 2.00 bits per heavy atom. The Kier molecular flexibility index (Phi) is 3.52. The zero-order valence-corrected chi connectivity index (χ0v) is 7.62. The molecule has 0 bridgehead atoms. The first kappa shape index (κ1) is 8.53. The van der Waals surface area contributed by atoms with Crippen molar-refractivity contribution < 1.29 is 55.8 Å². The van der Waals surface area contributed by atoms with Crippen LogP contribution in [0.3, 0.4) is 0 Å². The van der Waals surface area contributed by atoms with Crippen molar-refractivity contribution in [1.82, 2.24) is 0 Å². The molecule has 7 heavy (non-hydrogen) atoms. The molecule has 0 heterocycles. The number of hydrogen-bond donors (Lipinski definition) is 0. The van der Waals surface area contributed by atoms with E-state index in [-0.39, 0.29) is 57.9 Å². The minimum Gasteiger partial charge on any atom is -0.675 e. The Balaban J connectivity index is 0.000000360. The summed E-state index contributed by atoms with van der Waals surface area (Å²) in [5, 5.41) is 0. The first-order chi connectivity index (χ1) is 2.77. The Morgan fingerprint density at radius 3 is 2.00 bits per heavy atom. The number of hydrogen-bond acceptors (Lipinski definition) is 0. The molecular formula is C4H7FKN. The monoisotopic (exact) mass is 127 g/mol. The predicted molar refractivity (Wildman–Crippen MR) is 22.3 cm³/mol. The molecule has 0 atom stereocenters. The van der Waals surface area contributed by atoms with Gasteiger partial charge in [0.05, 0.1) is 5.67 Å². The molecule has 0 unspecified atom stereocenters. The van der Waals surface area contributed by atoms with Crippen LogP contribution in [-0.2, 0) is 0 Å². The Morgan fingerprint density at radius 1 is 1.57 bits per heavy atom. The molecule has 1 N–H and O–H groups in total. The first-order valence-electron chi connectivity index (χ1n) is 2.10. The molecule has 0 saturated heterocycles.